The zero-order valence-electron chi connectivity index (χ0n) is 16.4. The Morgan fingerprint density at radius 3 is 2.34 bits per heavy atom. The molecule has 0 spiro atoms. The van der Waals surface area contributed by atoms with Crippen LogP contribution in [-0.4, -0.2) is 60.6 Å². The molecule has 9 nitrogen and oxygen atoms in total. The molecule has 0 saturated carbocycles. The minimum atomic E-state index is 0.432. The molecule has 3 aromatic rings. The van der Waals surface area contributed by atoms with Gasteiger partial charge in [0.25, 0.3) is 0 Å². The fraction of sp³-hybridized carbons (Fsp3) is 0.300. The molecular weight excluding hydrogens is 370 g/mol. The number of hydrogen-bond acceptors (Lipinski definition) is 9. The van der Waals surface area contributed by atoms with Crippen molar-refractivity contribution in [3.63, 3.8) is 0 Å². The van der Waals surface area contributed by atoms with E-state index in [2.05, 4.69) is 35.3 Å². The fourth-order valence-electron chi connectivity index (χ4n) is 3.25. The summed E-state index contributed by atoms with van der Waals surface area (Å²) in [6.07, 6.45) is 3.51. The molecule has 0 amide bonds. The standard InChI is InChI=1S/C20H23N7O2/c1-28-16-7-6-15(13-17(16)29-2)23-20-24-19(14-22-25-20)27-11-9-26(10-12-27)18-5-3-4-8-21-18/h3-8,13-14H,9-12H2,1-2H3,(H,23,24,25). The van der Waals surface area contributed by atoms with Crippen LogP contribution in [0, 0.1) is 0 Å². The molecule has 0 bridgehead atoms. The van der Waals surface area contributed by atoms with Crippen LogP contribution in [0.15, 0.2) is 48.8 Å². The van der Waals surface area contributed by atoms with Gasteiger partial charge in [-0.05, 0) is 24.3 Å². The lowest BCUT2D eigenvalue weighted by molar-refractivity contribution is 0.355. The van der Waals surface area contributed by atoms with Gasteiger partial charge in [0.2, 0.25) is 5.95 Å². The summed E-state index contributed by atoms with van der Waals surface area (Å²) >= 11 is 0. The minimum absolute atomic E-state index is 0.432. The van der Waals surface area contributed by atoms with E-state index < -0.39 is 0 Å². The molecule has 1 aliphatic rings. The third-order valence-electron chi connectivity index (χ3n) is 4.76. The number of methoxy groups -OCH3 is 2. The number of benzene rings is 1. The van der Waals surface area contributed by atoms with Crippen molar-refractivity contribution in [2.45, 2.75) is 0 Å². The van der Waals surface area contributed by atoms with Crippen LogP contribution in [0.5, 0.6) is 11.5 Å². The lowest BCUT2D eigenvalue weighted by atomic mass is 10.3. The summed E-state index contributed by atoms with van der Waals surface area (Å²) in [6, 6.07) is 11.5. The van der Waals surface area contributed by atoms with E-state index in [9.17, 15) is 0 Å². The average molecular weight is 393 g/mol. The number of anilines is 4. The maximum atomic E-state index is 5.34. The van der Waals surface area contributed by atoms with Crippen LogP contribution < -0.4 is 24.6 Å². The highest BCUT2D eigenvalue weighted by Gasteiger charge is 2.19. The van der Waals surface area contributed by atoms with E-state index in [0.717, 1.165) is 43.5 Å². The number of pyridine rings is 1. The monoisotopic (exact) mass is 393 g/mol. The molecule has 0 aliphatic carbocycles. The third kappa shape index (κ3) is 4.29. The van der Waals surface area contributed by atoms with Crippen LogP contribution in [0.2, 0.25) is 0 Å². The van der Waals surface area contributed by atoms with Crippen molar-refractivity contribution in [1.82, 2.24) is 20.2 Å². The van der Waals surface area contributed by atoms with E-state index >= 15 is 0 Å². The van der Waals surface area contributed by atoms with E-state index in [1.54, 1.807) is 20.4 Å². The van der Waals surface area contributed by atoms with Gasteiger partial charge in [0.15, 0.2) is 17.3 Å². The largest absolute Gasteiger partial charge is 0.493 e. The zero-order chi connectivity index (χ0) is 20.1. The van der Waals surface area contributed by atoms with E-state index in [1.807, 2.05) is 42.6 Å². The second kappa shape index (κ2) is 8.59. The summed E-state index contributed by atoms with van der Waals surface area (Å²) in [7, 11) is 3.21. The van der Waals surface area contributed by atoms with Gasteiger partial charge in [-0.3, -0.25) is 0 Å². The summed E-state index contributed by atoms with van der Waals surface area (Å²) in [4.78, 5) is 13.5. The zero-order valence-corrected chi connectivity index (χ0v) is 16.4. The van der Waals surface area contributed by atoms with Crippen molar-refractivity contribution in [1.29, 1.82) is 0 Å². The fourth-order valence-corrected chi connectivity index (χ4v) is 3.25. The SMILES string of the molecule is COc1ccc(Nc2nncc(N3CCN(c4ccccn4)CC3)n2)cc1OC. The quantitative estimate of drug-likeness (QED) is 0.678. The first-order valence-corrected chi connectivity index (χ1v) is 9.36. The molecule has 29 heavy (non-hydrogen) atoms. The Kier molecular flexibility index (Phi) is 5.55. The molecule has 2 aromatic heterocycles. The molecule has 3 heterocycles. The molecule has 1 aromatic carbocycles. The number of aromatic nitrogens is 4. The molecule has 1 saturated heterocycles. The number of piperazine rings is 1. The van der Waals surface area contributed by atoms with Crippen molar-refractivity contribution in [2.75, 3.05) is 55.5 Å². The first kappa shape index (κ1) is 18.7. The van der Waals surface area contributed by atoms with Gasteiger partial charge in [0.1, 0.15) is 5.82 Å². The second-order valence-corrected chi connectivity index (χ2v) is 6.49. The summed E-state index contributed by atoms with van der Waals surface area (Å²) < 4.78 is 10.6. The summed E-state index contributed by atoms with van der Waals surface area (Å²) in [5, 5.41) is 11.4. The van der Waals surface area contributed by atoms with E-state index in [-0.39, 0.29) is 0 Å². The molecule has 9 heteroatoms. The van der Waals surface area contributed by atoms with Crippen molar-refractivity contribution >= 4 is 23.3 Å². The Balaban J connectivity index is 1.43. The first-order chi connectivity index (χ1) is 14.3. The lowest BCUT2D eigenvalue weighted by Crippen LogP contribution is -2.47. The van der Waals surface area contributed by atoms with Gasteiger partial charge in [-0.2, -0.15) is 10.1 Å². The maximum absolute atomic E-state index is 5.34. The molecule has 4 rings (SSSR count). The van der Waals surface area contributed by atoms with Crippen molar-refractivity contribution in [3.8, 4) is 11.5 Å². The molecule has 150 valence electrons. The lowest BCUT2D eigenvalue weighted by Gasteiger charge is -2.35. The van der Waals surface area contributed by atoms with Gasteiger partial charge >= 0.3 is 0 Å². The van der Waals surface area contributed by atoms with Gasteiger partial charge in [-0.25, -0.2) is 4.98 Å². The van der Waals surface area contributed by atoms with E-state index in [1.165, 1.54) is 0 Å². The van der Waals surface area contributed by atoms with Gasteiger partial charge in [0, 0.05) is 44.1 Å². The Morgan fingerprint density at radius 2 is 1.66 bits per heavy atom. The molecule has 0 atom stereocenters. The summed E-state index contributed by atoms with van der Waals surface area (Å²) in [6.45, 7) is 3.43. The molecular formula is C20H23N7O2. The van der Waals surface area contributed by atoms with Gasteiger partial charge in [-0.15, -0.1) is 5.10 Å². The van der Waals surface area contributed by atoms with Gasteiger partial charge < -0.3 is 24.6 Å². The van der Waals surface area contributed by atoms with Gasteiger partial charge in [-0.1, -0.05) is 6.07 Å². The van der Waals surface area contributed by atoms with Crippen LogP contribution in [0.1, 0.15) is 0 Å². The number of ether oxygens (including phenoxy) is 2. The van der Waals surface area contributed by atoms with Crippen molar-refractivity contribution in [3.05, 3.63) is 48.8 Å². The van der Waals surface area contributed by atoms with Crippen LogP contribution >= 0.6 is 0 Å². The second-order valence-electron chi connectivity index (χ2n) is 6.49. The molecule has 1 aliphatic heterocycles. The molecule has 1 N–H and O–H groups in total. The Morgan fingerprint density at radius 1 is 0.897 bits per heavy atom. The Hall–Kier alpha value is -3.62. The van der Waals surface area contributed by atoms with Crippen LogP contribution in [0.3, 0.4) is 0 Å². The summed E-state index contributed by atoms with van der Waals surface area (Å²) in [5.41, 5.74) is 0.793. The van der Waals surface area contributed by atoms with E-state index in [0.29, 0.717) is 17.4 Å². The highest BCUT2D eigenvalue weighted by atomic mass is 16.5. The average Bonchev–Trinajstić information content (AvgIpc) is 2.80. The predicted molar refractivity (Wildman–Crippen MR) is 111 cm³/mol. The minimum Gasteiger partial charge on any atom is -0.493 e. The van der Waals surface area contributed by atoms with Crippen LogP contribution in [0.4, 0.5) is 23.3 Å². The Labute approximate surface area is 169 Å². The normalized spacial score (nSPS) is 13.9. The topological polar surface area (TPSA) is 88.5 Å². The Bertz CT molecular complexity index is 947. The number of hydrogen-bond donors (Lipinski definition) is 1. The van der Waals surface area contributed by atoms with Crippen molar-refractivity contribution < 1.29 is 9.47 Å². The maximum Gasteiger partial charge on any atom is 0.249 e. The van der Waals surface area contributed by atoms with Gasteiger partial charge in [0.05, 0.1) is 20.4 Å². The predicted octanol–water partition coefficient (Wildman–Crippen LogP) is 2.35. The number of rotatable bonds is 6. The summed E-state index contributed by atoms with van der Waals surface area (Å²) in [5.74, 6) is 3.53. The van der Waals surface area contributed by atoms with Crippen molar-refractivity contribution in [2.24, 2.45) is 0 Å². The molecule has 0 unspecified atom stereocenters. The molecule has 1 fully saturated rings. The highest BCUT2D eigenvalue weighted by molar-refractivity contribution is 5.60. The highest BCUT2D eigenvalue weighted by Crippen LogP contribution is 2.30. The van der Waals surface area contributed by atoms with E-state index in [4.69, 9.17) is 9.47 Å². The van der Waals surface area contributed by atoms with Crippen LogP contribution in [0.25, 0.3) is 0 Å². The van der Waals surface area contributed by atoms with Crippen LogP contribution in [-0.2, 0) is 0 Å². The third-order valence-corrected chi connectivity index (χ3v) is 4.76. The number of nitrogens with zero attached hydrogens (tertiary/aromatic N) is 6. The molecule has 0 radical (unpaired) electrons. The smallest absolute Gasteiger partial charge is 0.249 e. The number of nitrogens with one attached hydrogen (secondary N) is 1. The first-order valence-electron chi connectivity index (χ1n) is 9.36.